The molecule has 2 heteroatoms. The van der Waals surface area contributed by atoms with E-state index in [4.69, 9.17) is 4.74 Å². The molecule has 1 aromatic rings. The number of methoxy groups -OCH3 is 1. The van der Waals surface area contributed by atoms with Gasteiger partial charge >= 0.3 is 5.97 Å². The first-order valence-corrected chi connectivity index (χ1v) is 7.59. The SMILES string of the molecule is C=C1CC/C=C(\C)CC[C@H](c2ccccc2)C1C(=O)OC. The predicted octanol–water partition coefficient (Wildman–Crippen LogP) is 4.64. The van der Waals surface area contributed by atoms with Crippen LogP contribution in [0, 0.1) is 5.92 Å². The fourth-order valence-corrected chi connectivity index (χ4v) is 3.11. The van der Waals surface area contributed by atoms with Gasteiger partial charge in [-0.25, -0.2) is 0 Å². The van der Waals surface area contributed by atoms with Crippen LogP contribution >= 0.6 is 0 Å². The summed E-state index contributed by atoms with van der Waals surface area (Å²) >= 11 is 0. The first kappa shape index (κ1) is 15.6. The third-order valence-corrected chi connectivity index (χ3v) is 4.33. The third kappa shape index (κ3) is 3.84. The van der Waals surface area contributed by atoms with Crippen molar-refractivity contribution in [3.63, 3.8) is 0 Å². The summed E-state index contributed by atoms with van der Waals surface area (Å²) < 4.78 is 5.06. The van der Waals surface area contributed by atoms with E-state index in [1.807, 2.05) is 18.2 Å². The monoisotopic (exact) mass is 284 g/mol. The molecular formula is C19H24O2. The zero-order valence-electron chi connectivity index (χ0n) is 13.0. The van der Waals surface area contributed by atoms with Crippen LogP contribution in [0.25, 0.3) is 0 Å². The Balaban J connectivity index is 2.38. The first-order valence-electron chi connectivity index (χ1n) is 7.59. The summed E-state index contributed by atoms with van der Waals surface area (Å²) in [5, 5.41) is 0. The number of hydrogen-bond acceptors (Lipinski definition) is 2. The number of rotatable bonds is 2. The molecule has 0 saturated heterocycles. The quantitative estimate of drug-likeness (QED) is 0.584. The number of benzene rings is 1. The molecule has 0 bridgehead atoms. The molecule has 0 amide bonds. The fraction of sp³-hybridized carbons (Fsp3) is 0.421. The van der Waals surface area contributed by atoms with Crippen LogP contribution in [0.2, 0.25) is 0 Å². The van der Waals surface area contributed by atoms with Crippen LogP contribution in [-0.2, 0) is 9.53 Å². The molecule has 0 radical (unpaired) electrons. The van der Waals surface area contributed by atoms with E-state index in [1.54, 1.807) is 0 Å². The lowest BCUT2D eigenvalue weighted by atomic mass is 9.78. The molecular weight excluding hydrogens is 260 g/mol. The van der Waals surface area contributed by atoms with E-state index in [2.05, 4.69) is 31.7 Å². The molecule has 1 aliphatic carbocycles. The van der Waals surface area contributed by atoms with Crippen molar-refractivity contribution in [1.82, 2.24) is 0 Å². The van der Waals surface area contributed by atoms with Crippen molar-refractivity contribution in [1.29, 1.82) is 0 Å². The molecule has 112 valence electrons. The minimum Gasteiger partial charge on any atom is -0.469 e. The number of esters is 1. The van der Waals surface area contributed by atoms with Crippen LogP contribution < -0.4 is 0 Å². The van der Waals surface area contributed by atoms with Gasteiger partial charge in [-0.2, -0.15) is 0 Å². The summed E-state index contributed by atoms with van der Waals surface area (Å²) in [5.74, 6) is -0.252. The summed E-state index contributed by atoms with van der Waals surface area (Å²) in [7, 11) is 1.47. The number of hydrogen-bond donors (Lipinski definition) is 0. The predicted molar refractivity (Wildman–Crippen MR) is 86.1 cm³/mol. The Morgan fingerprint density at radius 3 is 2.62 bits per heavy atom. The smallest absolute Gasteiger partial charge is 0.313 e. The van der Waals surface area contributed by atoms with Crippen molar-refractivity contribution < 1.29 is 9.53 Å². The lowest BCUT2D eigenvalue weighted by Crippen LogP contribution is -2.25. The van der Waals surface area contributed by atoms with Gasteiger partial charge in [0.15, 0.2) is 0 Å². The van der Waals surface area contributed by atoms with Gasteiger partial charge in [0.2, 0.25) is 0 Å². The molecule has 0 spiro atoms. The van der Waals surface area contributed by atoms with Gasteiger partial charge in [-0.15, -0.1) is 0 Å². The number of ether oxygens (including phenoxy) is 1. The highest BCUT2D eigenvalue weighted by Gasteiger charge is 2.32. The molecule has 0 heterocycles. The van der Waals surface area contributed by atoms with Gasteiger partial charge in [0.25, 0.3) is 0 Å². The maximum Gasteiger partial charge on any atom is 0.313 e. The van der Waals surface area contributed by atoms with Gasteiger partial charge in [-0.1, -0.05) is 54.1 Å². The number of carbonyl (C=O) groups excluding carboxylic acids is 1. The molecule has 1 unspecified atom stereocenters. The van der Waals surface area contributed by atoms with Crippen LogP contribution in [0.5, 0.6) is 0 Å². The largest absolute Gasteiger partial charge is 0.469 e. The van der Waals surface area contributed by atoms with Crippen LogP contribution in [0.3, 0.4) is 0 Å². The zero-order chi connectivity index (χ0) is 15.2. The molecule has 21 heavy (non-hydrogen) atoms. The Bertz CT molecular complexity index is 528. The molecule has 0 saturated carbocycles. The van der Waals surface area contributed by atoms with Gasteiger partial charge in [-0.05, 0) is 38.2 Å². The van der Waals surface area contributed by atoms with E-state index >= 15 is 0 Å². The van der Waals surface area contributed by atoms with Gasteiger partial charge in [0.05, 0.1) is 13.0 Å². The van der Waals surface area contributed by atoms with E-state index in [0.717, 1.165) is 31.3 Å². The average Bonchev–Trinajstić information content (AvgIpc) is 2.57. The second kappa shape index (κ2) is 7.26. The summed E-state index contributed by atoms with van der Waals surface area (Å²) in [5.41, 5.74) is 3.58. The molecule has 0 aliphatic heterocycles. The van der Waals surface area contributed by atoms with Crippen molar-refractivity contribution in [3.05, 3.63) is 59.7 Å². The Kier molecular flexibility index (Phi) is 5.38. The minimum absolute atomic E-state index is 0.146. The van der Waals surface area contributed by atoms with Crippen LogP contribution in [0.15, 0.2) is 54.1 Å². The lowest BCUT2D eigenvalue weighted by Gasteiger charge is -2.27. The van der Waals surface area contributed by atoms with Crippen molar-refractivity contribution >= 4 is 5.97 Å². The van der Waals surface area contributed by atoms with Crippen molar-refractivity contribution in [2.75, 3.05) is 7.11 Å². The van der Waals surface area contributed by atoms with Crippen molar-refractivity contribution in [2.24, 2.45) is 5.92 Å². The lowest BCUT2D eigenvalue weighted by molar-refractivity contribution is -0.145. The standard InChI is InChI=1S/C19H24O2/c1-14-8-7-9-15(2)18(19(20)21-3)17(13-12-14)16-10-5-4-6-11-16/h4-6,8,10-11,17-18H,2,7,9,12-13H2,1,3H3/b14-8+/t17-,18?/m1/s1. The Labute approximate surface area is 127 Å². The molecule has 0 N–H and O–H groups in total. The Morgan fingerprint density at radius 2 is 1.95 bits per heavy atom. The molecule has 0 aromatic heterocycles. The zero-order valence-corrected chi connectivity index (χ0v) is 13.0. The Hall–Kier alpha value is -1.83. The van der Waals surface area contributed by atoms with Crippen molar-refractivity contribution in [2.45, 2.75) is 38.5 Å². The topological polar surface area (TPSA) is 26.3 Å². The van der Waals surface area contributed by atoms with Gasteiger partial charge < -0.3 is 4.74 Å². The van der Waals surface area contributed by atoms with Gasteiger partial charge in [0.1, 0.15) is 0 Å². The Morgan fingerprint density at radius 1 is 1.24 bits per heavy atom. The van der Waals surface area contributed by atoms with E-state index in [-0.39, 0.29) is 17.8 Å². The summed E-state index contributed by atoms with van der Waals surface area (Å²) in [6.45, 7) is 6.35. The minimum atomic E-state index is -0.239. The number of carbonyl (C=O) groups is 1. The van der Waals surface area contributed by atoms with Gasteiger partial charge in [0, 0.05) is 5.92 Å². The maximum absolute atomic E-state index is 12.3. The van der Waals surface area contributed by atoms with E-state index in [9.17, 15) is 4.79 Å². The highest BCUT2D eigenvalue weighted by atomic mass is 16.5. The molecule has 1 aliphatic rings. The highest BCUT2D eigenvalue weighted by molar-refractivity contribution is 5.77. The highest BCUT2D eigenvalue weighted by Crippen LogP contribution is 2.38. The summed E-state index contributed by atoms with van der Waals surface area (Å²) in [6, 6.07) is 10.3. The molecule has 2 nitrogen and oxygen atoms in total. The summed E-state index contributed by atoms with van der Waals surface area (Å²) in [4.78, 5) is 12.3. The van der Waals surface area contributed by atoms with Crippen LogP contribution in [-0.4, -0.2) is 13.1 Å². The van der Waals surface area contributed by atoms with E-state index in [1.165, 1.54) is 18.2 Å². The summed E-state index contributed by atoms with van der Waals surface area (Å²) in [6.07, 6.45) is 6.04. The first-order chi connectivity index (χ1) is 10.1. The molecule has 1 aromatic carbocycles. The van der Waals surface area contributed by atoms with E-state index < -0.39 is 0 Å². The fourth-order valence-electron chi connectivity index (χ4n) is 3.11. The third-order valence-electron chi connectivity index (χ3n) is 4.33. The molecule has 0 fully saturated rings. The van der Waals surface area contributed by atoms with Crippen LogP contribution in [0.1, 0.15) is 44.1 Å². The average molecular weight is 284 g/mol. The molecule has 2 rings (SSSR count). The molecule has 2 atom stereocenters. The van der Waals surface area contributed by atoms with Crippen LogP contribution in [0.4, 0.5) is 0 Å². The van der Waals surface area contributed by atoms with Gasteiger partial charge in [-0.3, -0.25) is 4.79 Å². The second-order valence-corrected chi connectivity index (χ2v) is 5.80. The maximum atomic E-state index is 12.3. The normalized spacial score (nSPS) is 26.0. The van der Waals surface area contributed by atoms with E-state index in [0.29, 0.717) is 0 Å². The van der Waals surface area contributed by atoms with Crippen molar-refractivity contribution in [3.8, 4) is 0 Å². The number of allylic oxidation sites excluding steroid dienone is 2. The second-order valence-electron chi connectivity index (χ2n) is 5.80.